The van der Waals surface area contributed by atoms with E-state index in [0.29, 0.717) is 0 Å². The van der Waals surface area contributed by atoms with Crippen molar-refractivity contribution in [2.24, 2.45) is 5.92 Å². The zero-order valence-corrected chi connectivity index (χ0v) is 11.0. The minimum atomic E-state index is -2.93. The van der Waals surface area contributed by atoms with Crippen LogP contribution in [0.3, 0.4) is 0 Å². The molecule has 0 spiro atoms. The number of ether oxygens (including phenoxy) is 1. The lowest BCUT2D eigenvalue weighted by atomic mass is 10.1. The zero-order chi connectivity index (χ0) is 13.7. The number of amides is 1. The van der Waals surface area contributed by atoms with Crippen LogP contribution < -0.4 is 10.1 Å². The van der Waals surface area contributed by atoms with Gasteiger partial charge in [0.25, 0.3) is 0 Å². The van der Waals surface area contributed by atoms with Crippen molar-refractivity contribution in [2.75, 3.05) is 5.32 Å². The van der Waals surface area contributed by atoms with Crippen LogP contribution in [0.15, 0.2) is 24.3 Å². The first-order chi connectivity index (χ1) is 8.41. The van der Waals surface area contributed by atoms with Crippen LogP contribution in [0.4, 0.5) is 14.5 Å². The summed E-state index contributed by atoms with van der Waals surface area (Å²) >= 11 is 4.15. The van der Waals surface area contributed by atoms with Gasteiger partial charge in [0.15, 0.2) is 0 Å². The number of anilines is 1. The first kappa shape index (κ1) is 14.8. The lowest BCUT2D eigenvalue weighted by Crippen LogP contribution is -2.27. The van der Waals surface area contributed by atoms with Crippen LogP contribution in [0.25, 0.3) is 0 Å². The molecule has 0 saturated carbocycles. The fourth-order valence-corrected chi connectivity index (χ4v) is 1.34. The topological polar surface area (TPSA) is 38.3 Å². The lowest BCUT2D eigenvalue weighted by molar-refractivity contribution is -0.116. The molecule has 6 heteroatoms. The molecule has 1 unspecified atom stereocenters. The van der Waals surface area contributed by atoms with Crippen molar-refractivity contribution in [3.63, 3.8) is 0 Å². The van der Waals surface area contributed by atoms with E-state index in [2.05, 4.69) is 22.7 Å². The van der Waals surface area contributed by atoms with Gasteiger partial charge in [0.05, 0.1) is 10.9 Å². The fraction of sp³-hybridized carbons (Fsp3) is 0.417. The predicted molar refractivity (Wildman–Crippen MR) is 69.3 cm³/mol. The minimum absolute atomic E-state index is 0.0384. The average molecular weight is 275 g/mol. The average Bonchev–Trinajstić information content (AvgIpc) is 2.29. The molecule has 1 rings (SSSR count). The van der Waals surface area contributed by atoms with E-state index in [0.717, 1.165) is 0 Å². The Labute approximate surface area is 110 Å². The Balaban J connectivity index is 2.81. The number of para-hydroxylation sites is 2. The van der Waals surface area contributed by atoms with Gasteiger partial charge in [-0.1, -0.05) is 26.0 Å². The van der Waals surface area contributed by atoms with Crippen LogP contribution in [-0.2, 0) is 4.79 Å². The summed E-state index contributed by atoms with van der Waals surface area (Å²) in [5.74, 6) is -0.375. The predicted octanol–water partition coefficient (Wildman–Crippen LogP) is 3.18. The van der Waals surface area contributed by atoms with Crippen molar-refractivity contribution < 1.29 is 18.3 Å². The van der Waals surface area contributed by atoms with Crippen LogP contribution >= 0.6 is 12.6 Å². The van der Waals surface area contributed by atoms with Crippen LogP contribution in [-0.4, -0.2) is 17.8 Å². The molecule has 0 bridgehead atoms. The molecule has 3 nitrogen and oxygen atoms in total. The second-order valence-corrected chi connectivity index (χ2v) is 4.61. The van der Waals surface area contributed by atoms with E-state index < -0.39 is 11.9 Å². The van der Waals surface area contributed by atoms with Gasteiger partial charge in [-0.05, 0) is 18.1 Å². The normalized spacial score (nSPS) is 12.6. The number of nitrogens with one attached hydrogen (secondary N) is 1. The van der Waals surface area contributed by atoms with E-state index >= 15 is 0 Å². The smallest absolute Gasteiger partial charge is 0.387 e. The van der Waals surface area contributed by atoms with E-state index in [1.165, 1.54) is 12.1 Å². The summed E-state index contributed by atoms with van der Waals surface area (Å²) in [7, 11) is 0. The van der Waals surface area contributed by atoms with Crippen LogP contribution in [0.1, 0.15) is 13.8 Å². The largest absolute Gasteiger partial charge is 0.433 e. The molecule has 1 aromatic rings. The number of halogens is 2. The lowest BCUT2D eigenvalue weighted by Gasteiger charge is -2.16. The van der Waals surface area contributed by atoms with Crippen molar-refractivity contribution >= 4 is 24.2 Å². The van der Waals surface area contributed by atoms with E-state index in [4.69, 9.17) is 0 Å². The molecule has 1 atom stereocenters. The summed E-state index contributed by atoms with van der Waals surface area (Å²) in [4.78, 5) is 11.8. The first-order valence-electron chi connectivity index (χ1n) is 5.44. The molecule has 0 aromatic heterocycles. The Kier molecular flexibility index (Phi) is 5.40. The minimum Gasteiger partial charge on any atom is -0.433 e. The van der Waals surface area contributed by atoms with Crippen molar-refractivity contribution in [3.05, 3.63) is 24.3 Å². The SMILES string of the molecule is CC(C)C(S)C(=O)Nc1ccccc1OC(F)F. The number of hydrogen-bond donors (Lipinski definition) is 2. The molecule has 0 radical (unpaired) electrons. The van der Waals surface area contributed by atoms with Gasteiger partial charge in [-0.15, -0.1) is 0 Å². The zero-order valence-electron chi connectivity index (χ0n) is 10.1. The third-order valence-electron chi connectivity index (χ3n) is 2.26. The van der Waals surface area contributed by atoms with Crippen molar-refractivity contribution in [2.45, 2.75) is 25.7 Å². The summed E-state index contributed by atoms with van der Waals surface area (Å²) in [5, 5.41) is 2.01. The van der Waals surface area contributed by atoms with Crippen molar-refractivity contribution in [1.29, 1.82) is 0 Å². The molecule has 0 aliphatic carbocycles. The summed E-state index contributed by atoms with van der Waals surface area (Å²) in [6.07, 6.45) is 0. The van der Waals surface area contributed by atoms with Crippen LogP contribution in [0.2, 0.25) is 0 Å². The molecular weight excluding hydrogens is 260 g/mol. The maximum Gasteiger partial charge on any atom is 0.387 e. The van der Waals surface area contributed by atoms with Gasteiger partial charge in [0.1, 0.15) is 5.75 Å². The van der Waals surface area contributed by atoms with Gasteiger partial charge in [0.2, 0.25) is 5.91 Å². The molecule has 0 aliphatic heterocycles. The third-order valence-corrected chi connectivity index (χ3v) is 3.09. The highest BCUT2D eigenvalue weighted by atomic mass is 32.1. The second kappa shape index (κ2) is 6.58. The highest BCUT2D eigenvalue weighted by molar-refractivity contribution is 7.81. The van der Waals surface area contributed by atoms with Gasteiger partial charge in [-0.2, -0.15) is 21.4 Å². The number of hydrogen-bond acceptors (Lipinski definition) is 3. The number of benzene rings is 1. The molecular formula is C12H15F2NO2S. The van der Waals surface area contributed by atoms with E-state index in [1.807, 2.05) is 13.8 Å². The molecule has 0 aliphatic rings. The maximum atomic E-state index is 12.2. The molecule has 0 saturated heterocycles. The summed E-state index contributed by atoms with van der Waals surface area (Å²) in [5.41, 5.74) is 0.211. The molecule has 1 amide bonds. The van der Waals surface area contributed by atoms with Gasteiger partial charge >= 0.3 is 6.61 Å². The number of carbonyl (C=O) groups excluding carboxylic acids is 1. The Morgan fingerprint density at radius 1 is 1.33 bits per heavy atom. The maximum absolute atomic E-state index is 12.2. The summed E-state index contributed by atoms with van der Waals surface area (Å²) < 4.78 is 28.7. The molecule has 18 heavy (non-hydrogen) atoms. The van der Waals surface area contributed by atoms with Gasteiger partial charge in [0, 0.05) is 0 Å². The second-order valence-electron chi connectivity index (χ2n) is 4.05. The van der Waals surface area contributed by atoms with Gasteiger partial charge < -0.3 is 10.1 Å². The van der Waals surface area contributed by atoms with Crippen molar-refractivity contribution in [3.8, 4) is 5.75 Å². The standard InChI is InChI=1S/C12H15F2NO2S/c1-7(2)10(18)11(16)15-8-5-3-4-6-9(8)17-12(13)14/h3-7,10,12,18H,1-2H3,(H,15,16). The Bertz CT molecular complexity index is 413. The molecule has 0 fully saturated rings. The molecule has 0 heterocycles. The first-order valence-corrected chi connectivity index (χ1v) is 5.96. The third kappa shape index (κ3) is 4.18. The van der Waals surface area contributed by atoms with Crippen molar-refractivity contribution in [1.82, 2.24) is 0 Å². The molecule has 1 N–H and O–H groups in total. The van der Waals surface area contributed by atoms with Gasteiger partial charge in [-0.25, -0.2) is 0 Å². The Morgan fingerprint density at radius 2 is 1.94 bits per heavy atom. The van der Waals surface area contributed by atoms with Crippen LogP contribution in [0.5, 0.6) is 5.75 Å². The highest BCUT2D eigenvalue weighted by Gasteiger charge is 2.19. The quantitative estimate of drug-likeness (QED) is 0.810. The number of alkyl halides is 2. The van der Waals surface area contributed by atoms with Gasteiger partial charge in [-0.3, -0.25) is 4.79 Å². The molecule has 1 aromatic carbocycles. The highest BCUT2D eigenvalue weighted by Crippen LogP contribution is 2.26. The monoisotopic (exact) mass is 275 g/mol. The number of thiol groups is 1. The van der Waals surface area contributed by atoms with E-state index in [-0.39, 0.29) is 23.3 Å². The van der Waals surface area contributed by atoms with E-state index in [9.17, 15) is 13.6 Å². The summed E-state index contributed by atoms with van der Waals surface area (Å²) in [6, 6.07) is 6.03. The molecule has 100 valence electrons. The Hall–Kier alpha value is -1.30. The van der Waals surface area contributed by atoms with E-state index in [1.54, 1.807) is 12.1 Å². The summed E-state index contributed by atoms with van der Waals surface area (Å²) in [6.45, 7) is 0.761. The van der Waals surface area contributed by atoms with Crippen LogP contribution in [0, 0.1) is 5.92 Å². The number of rotatable bonds is 5. The Morgan fingerprint density at radius 3 is 2.50 bits per heavy atom. The number of carbonyl (C=O) groups is 1. The fourth-order valence-electron chi connectivity index (χ4n) is 1.28.